The first-order chi connectivity index (χ1) is 21.2. The number of amides is 2. The number of aromatic hydroxyl groups is 1. The lowest BCUT2D eigenvalue weighted by molar-refractivity contribution is 0.0736. The largest absolute Gasteiger partial charge is 0.506 e. The minimum atomic E-state index is -0.763. The van der Waals surface area contributed by atoms with Crippen LogP contribution in [0.3, 0.4) is 0 Å². The fourth-order valence-corrected chi connectivity index (χ4v) is 4.99. The summed E-state index contributed by atoms with van der Waals surface area (Å²) in [6.07, 6.45) is 0. The first kappa shape index (κ1) is 28.1. The van der Waals surface area contributed by atoms with Crippen molar-refractivity contribution < 1.29 is 24.2 Å². The molecule has 10 heteroatoms. The number of anilines is 2. The monoisotopic (exact) mass is 585 g/mol. The number of hydrogen-bond donors (Lipinski definition) is 2. The van der Waals surface area contributed by atoms with Gasteiger partial charge >= 0.3 is 12.0 Å². The van der Waals surface area contributed by atoms with Gasteiger partial charge in [-0.25, -0.2) is 9.59 Å². The van der Waals surface area contributed by atoms with Crippen LogP contribution in [0, 0.1) is 13.8 Å². The summed E-state index contributed by atoms with van der Waals surface area (Å²) < 4.78 is 7.04. The van der Waals surface area contributed by atoms with Gasteiger partial charge in [-0.3, -0.25) is 9.69 Å². The number of rotatable bonds is 5. The highest BCUT2D eigenvalue weighted by molar-refractivity contribution is 6.12. The van der Waals surface area contributed by atoms with E-state index in [1.54, 1.807) is 66.7 Å². The average molecular weight is 586 g/mol. The number of esters is 1. The number of aryl methyl sites for hydroxylation is 2. The van der Waals surface area contributed by atoms with Crippen LogP contribution in [0.25, 0.3) is 21.8 Å². The van der Waals surface area contributed by atoms with Crippen molar-refractivity contribution >= 4 is 51.1 Å². The summed E-state index contributed by atoms with van der Waals surface area (Å²) in [5.41, 5.74) is 3.80. The van der Waals surface area contributed by atoms with Crippen molar-refractivity contribution in [2.45, 2.75) is 13.8 Å². The molecule has 0 aliphatic rings. The SMILES string of the molecule is Cc1ccc(C)c(NC(=O)c2cc(OC(=O)c3ccccc3N(C)C(=O)n3nnc4ccccc43)c3ccccc3c2O)c1. The van der Waals surface area contributed by atoms with E-state index >= 15 is 0 Å². The van der Waals surface area contributed by atoms with Gasteiger partial charge in [0, 0.05) is 23.5 Å². The van der Waals surface area contributed by atoms with Crippen molar-refractivity contribution in [1.82, 2.24) is 15.0 Å². The predicted molar refractivity (Wildman–Crippen MR) is 168 cm³/mol. The van der Waals surface area contributed by atoms with Gasteiger partial charge in [0.05, 0.1) is 22.3 Å². The smallest absolute Gasteiger partial charge is 0.350 e. The molecule has 0 aliphatic carbocycles. The van der Waals surface area contributed by atoms with E-state index in [1.165, 1.54) is 24.1 Å². The fraction of sp³-hybridized carbons (Fsp3) is 0.0882. The molecule has 10 nitrogen and oxygen atoms in total. The van der Waals surface area contributed by atoms with E-state index in [0.717, 1.165) is 15.8 Å². The van der Waals surface area contributed by atoms with Crippen molar-refractivity contribution in [2.75, 3.05) is 17.3 Å². The Morgan fingerprint density at radius 1 is 0.841 bits per heavy atom. The predicted octanol–water partition coefficient (Wildman–Crippen LogP) is 6.48. The Bertz CT molecular complexity index is 2100. The van der Waals surface area contributed by atoms with Crippen LogP contribution in [0.5, 0.6) is 11.5 Å². The minimum absolute atomic E-state index is 0.0638. The Kier molecular flexibility index (Phi) is 7.24. The molecule has 0 aliphatic heterocycles. The van der Waals surface area contributed by atoms with Crippen molar-refractivity contribution in [1.29, 1.82) is 0 Å². The molecule has 6 aromatic rings. The molecule has 2 amide bonds. The molecule has 0 spiro atoms. The van der Waals surface area contributed by atoms with Gasteiger partial charge in [-0.2, -0.15) is 4.68 Å². The number of fused-ring (bicyclic) bond motifs is 2. The van der Waals surface area contributed by atoms with Crippen LogP contribution >= 0.6 is 0 Å². The highest BCUT2D eigenvalue weighted by Gasteiger charge is 2.25. The van der Waals surface area contributed by atoms with Gasteiger partial charge in [-0.1, -0.05) is 65.9 Å². The molecule has 0 fully saturated rings. The Hall–Kier alpha value is -6.03. The second-order valence-corrected chi connectivity index (χ2v) is 10.3. The van der Waals surface area contributed by atoms with Crippen LogP contribution in [0.15, 0.2) is 97.1 Å². The maximum Gasteiger partial charge on any atom is 0.350 e. The number of phenolic OH excluding ortho intramolecular Hbond substituents is 1. The second kappa shape index (κ2) is 11.3. The third-order valence-corrected chi connectivity index (χ3v) is 7.37. The zero-order chi connectivity index (χ0) is 31.0. The van der Waals surface area contributed by atoms with Crippen molar-refractivity contribution in [3.8, 4) is 11.5 Å². The first-order valence-corrected chi connectivity index (χ1v) is 13.8. The van der Waals surface area contributed by atoms with Gasteiger partial charge in [0.25, 0.3) is 5.91 Å². The Balaban J connectivity index is 1.34. The summed E-state index contributed by atoms with van der Waals surface area (Å²) in [5, 5.41) is 22.7. The van der Waals surface area contributed by atoms with E-state index in [0.29, 0.717) is 27.5 Å². The normalized spacial score (nSPS) is 11.0. The summed E-state index contributed by atoms with van der Waals surface area (Å²) in [5.74, 6) is -1.50. The number of hydrogen-bond acceptors (Lipinski definition) is 7. The molecule has 0 saturated heterocycles. The van der Waals surface area contributed by atoms with E-state index in [2.05, 4.69) is 15.6 Å². The molecule has 2 N–H and O–H groups in total. The summed E-state index contributed by atoms with van der Waals surface area (Å²) in [4.78, 5) is 41.8. The zero-order valence-electron chi connectivity index (χ0n) is 24.1. The summed E-state index contributed by atoms with van der Waals surface area (Å²) >= 11 is 0. The standard InChI is InChI=1S/C34H27N5O5/c1-20-16-17-21(2)27(18-20)35-32(41)25-19-30(22-10-4-5-11-23(22)31(25)40)44-33(42)24-12-6-8-14-28(24)38(3)34(43)39-29-15-9-7-13-26(29)36-37-39/h4-19,40H,1-3H3,(H,35,41). The number of para-hydroxylation sites is 2. The Morgan fingerprint density at radius 2 is 1.55 bits per heavy atom. The lowest BCUT2D eigenvalue weighted by atomic mass is 10.0. The number of nitrogens with one attached hydrogen (secondary N) is 1. The van der Waals surface area contributed by atoms with Gasteiger partial charge in [0.15, 0.2) is 0 Å². The van der Waals surface area contributed by atoms with Crippen molar-refractivity contribution in [2.24, 2.45) is 0 Å². The molecular formula is C34H27N5O5. The maximum atomic E-state index is 13.7. The van der Waals surface area contributed by atoms with Gasteiger partial charge in [-0.15, -0.1) is 5.10 Å². The zero-order valence-corrected chi connectivity index (χ0v) is 24.1. The van der Waals surface area contributed by atoms with E-state index in [4.69, 9.17) is 4.74 Å². The van der Waals surface area contributed by atoms with Gasteiger partial charge in [0.1, 0.15) is 17.0 Å². The molecule has 0 unspecified atom stereocenters. The lowest BCUT2D eigenvalue weighted by Crippen LogP contribution is -2.33. The number of nitrogens with zero attached hydrogens (tertiary/aromatic N) is 4. The third-order valence-electron chi connectivity index (χ3n) is 7.37. The van der Waals surface area contributed by atoms with Crippen LogP contribution in [-0.4, -0.2) is 45.1 Å². The summed E-state index contributed by atoms with van der Waals surface area (Å²) in [6.45, 7) is 3.78. The highest BCUT2D eigenvalue weighted by Crippen LogP contribution is 2.37. The molecular weight excluding hydrogens is 558 g/mol. The van der Waals surface area contributed by atoms with E-state index in [-0.39, 0.29) is 28.3 Å². The average Bonchev–Trinajstić information content (AvgIpc) is 3.47. The maximum absolute atomic E-state index is 13.7. The highest BCUT2D eigenvalue weighted by atomic mass is 16.5. The van der Waals surface area contributed by atoms with E-state index in [9.17, 15) is 19.5 Å². The Labute approximate surface area is 252 Å². The fourth-order valence-electron chi connectivity index (χ4n) is 4.99. The number of phenols is 1. The molecule has 0 atom stereocenters. The van der Waals surface area contributed by atoms with Gasteiger partial charge < -0.3 is 15.2 Å². The van der Waals surface area contributed by atoms with E-state index in [1.807, 2.05) is 32.0 Å². The van der Waals surface area contributed by atoms with Crippen LogP contribution in [0.2, 0.25) is 0 Å². The van der Waals surface area contributed by atoms with Crippen LogP contribution in [0.1, 0.15) is 31.8 Å². The second-order valence-electron chi connectivity index (χ2n) is 10.3. The van der Waals surface area contributed by atoms with Crippen molar-refractivity contribution in [3.05, 3.63) is 119 Å². The van der Waals surface area contributed by atoms with Crippen molar-refractivity contribution in [3.63, 3.8) is 0 Å². The molecule has 1 heterocycles. The molecule has 0 bridgehead atoms. The number of ether oxygens (including phenoxy) is 1. The first-order valence-electron chi connectivity index (χ1n) is 13.8. The molecule has 0 radical (unpaired) electrons. The third kappa shape index (κ3) is 5.09. The van der Waals surface area contributed by atoms with Gasteiger partial charge in [-0.05, 0) is 61.4 Å². The van der Waals surface area contributed by atoms with Crippen LogP contribution in [-0.2, 0) is 0 Å². The number of carbonyl (C=O) groups is 3. The lowest BCUT2D eigenvalue weighted by Gasteiger charge is -2.20. The molecule has 0 saturated carbocycles. The molecule has 44 heavy (non-hydrogen) atoms. The number of carbonyl (C=O) groups excluding carboxylic acids is 3. The van der Waals surface area contributed by atoms with E-state index < -0.39 is 17.9 Å². The Morgan fingerprint density at radius 3 is 2.36 bits per heavy atom. The van der Waals surface area contributed by atoms with Crippen LogP contribution < -0.4 is 15.0 Å². The summed E-state index contributed by atoms with van der Waals surface area (Å²) in [7, 11) is 1.52. The van der Waals surface area contributed by atoms with Gasteiger partial charge in [0.2, 0.25) is 0 Å². The quantitative estimate of drug-likeness (QED) is 0.175. The molecule has 5 aromatic carbocycles. The number of benzene rings is 5. The molecule has 1 aromatic heterocycles. The summed E-state index contributed by atoms with van der Waals surface area (Å²) in [6, 6.07) is 26.8. The molecule has 218 valence electrons. The molecule has 6 rings (SSSR count). The topological polar surface area (TPSA) is 127 Å². The van der Waals surface area contributed by atoms with Crippen LogP contribution in [0.4, 0.5) is 16.2 Å². The number of aromatic nitrogens is 3. The minimum Gasteiger partial charge on any atom is -0.506 e.